The highest BCUT2D eigenvalue weighted by Gasteiger charge is 2.39. The Kier molecular flexibility index (Phi) is 4.29. The second-order valence-electron chi connectivity index (χ2n) is 4.49. The van der Waals surface area contributed by atoms with Crippen molar-refractivity contribution in [2.45, 2.75) is 18.9 Å². The summed E-state index contributed by atoms with van der Waals surface area (Å²) in [5.41, 5.74) is -1.05. The molecule has 0 saturated carbocycles. The fourth-order valence-electron chi connectivity index (χ4n) is 1.99. The van der Waals surface area contributed by atoms with Gasteiger partial charge in [-0.3, -0.25) is 5.10 Å². The van der Waals surface area contributed by atoms with Crippen LogP contribution in [0.1, 0.15) is 18.3 Å². The molecule has 0 bridgehead atoms. The topological polar surface area (TPSA) is 85.6 Å². The highest BCUT2D eigenvalue weighted by Crippen LogP contribution is 2.37. The van der Waals surface area contributed by atoms with E-state index in [1.165, 1.54) is 12.4 Å². The number of rotatable bonds is 4. The lowest BCUT2D eigenvalue weighted by molar-refractivity contribution is 0.00198. The summed E-state index contributed by atoms with van der Waals surface area (Å²) in [5.74, 6) is -0.291. The standard InChI is InChI=1S/C13H12Cl2N4O/c1-8(6-16)13(20,5-12-17-7-18-19-12)10-3-2-9(14)4-11(10)15/h2-4,7-8,20H,5H2,1H3,(H,17,18,19). The molecule has 7 heteroatoms. The summed E-state index contributed by atoms with van der Waals surface area (Å²) in [6.45, 7) is 1.62. The quantitative estimate of drug-likeness (QED) is 0.909. The highest BCUT2D eigenvalue weighted by atomic mass is 35.5. The Morgan fingerprint density at radius 2 is 2.25 bits per heavy atom. The molecule has 5 nitrogen and oxygen atoms in total. The van der Waals surface area contributed by atoms with Crippen LogP contribution in [-0.4, -0.2) is 20.3 Å². The Morgan fingerprint density at radius 1 is 1.50 bits per heavy atom. The molecule has 2 aromatic rings. The van der Waals surface area contributed by atoms with Gasteiger partial charge in [-0.25, -0.2) is 4.98 Å². The van der Waals surface area contributed by atoms with Crippen LogP contribution in [0.5, 0.6) is 0 Å². The van der Waals surface area contributed by atoms with Crippen molar-refractivity contribution in [1.29, 1.82) is 5.26 Å². The van der Waals surface area contributed by atoms with Crippen molar-refractivity contribution >= 4 is 23.2 Å². The third-order valence-corrected chi connectivity index (χ3v) is 3.75. The maximum Gasteiger partial charge on any atom is 0.153 e. The molecule has 1 heterocycles. The molecule has 2 atom stereocenters. The maximum absolute atomic E-state index is 11.0. The molecule has 0 aliphatic rings. The van der Waals surface area contributed by atoms with Crippen molar-refractivity contribution in [1.82, 2.24) is 15.2 Å². The van der Waals surface area contributed by atoms with Gasteiger partial charge in [-0.1, -0.05) is 29.3 Å². The first-order valence-corrected chi connectivity index (χ1v) is 6.65. The zero-order valence-electron chi connectivity index (χ0n) is 10.6. The van der Waals surface area contributed by atoms with Crippen LogP contribution >= 0.6 is 23.2 Å². The number of H-pyrrole nitrogens is 1. The lowest BCUT2D eigenvalue weighted by atomic mass is 9.80. The zero-order valence-corrected chi connectivity index (χ0v) is 12.2. The molecule has 0 aliphatic carbocycles. The summed E-state index contributed by atoms with van der Waals surface area (Å²) < 4.78 is 0. The number of aliphatic hydroxyl groups is 1. The molecule has 0 saturated heterocycles. The van der Waals surface area contributed by atoms with Gasteiger partial charge < -0.3 is 5.11 Å². The van der Waals surface area contributed by atoms with Gasteiger partial charge in [-0.15, -0.1) is 0 Å². The molecule has 0 fully saturated rings. The molecule has 1 aromatic carbocycles. The molecule has 2 N–H and O–H groups in total. The van der Waals surface area contributed by atoms with Gasteiger partial charge in [0, 0.05) is 22.0 Å². The van der Waals surface area contributed by atoms with Gasteiger partial charge in [0.15, 0.2) is 5.82 Å². The molecule has 104 valence electrons. The van der Waals surface area contributed by atoms with Crippen LogP contribution in [-0.2, 0) is 12.0 Å². The Bertz CT molecular complexity index is 638. The molecule has 1 aromatic heterocycles. The van der Waals surface area contributed by atoms with Gasteiger partial charge in [0.2, 0.25) is 0 Å². The predicted molar refractivity (Wildman–Crippen MR) is 75.2 cm³/mol. The monoisotopic (exact) mass is 310 g/mol. The minimum absolute atomic E-state index is 0.0760. The van der Waals surface area contributed by atoms with E-state index in [2.05, 4.69) is 21.3 Å². The van der Waals surface area contributed by atoms with E-state index in [0.29, 0.717) is 21.4 Å². The van der Waals surface area contributed by atoms with E-state index in [0.717, 1.165) is 0 Å². The van der Waals surface area contributed by atoms with E-state index in [9.17, 15) is 10.4 Å². The van der Waals surface area contributed by atoms with Crippen molar-refractivity contribution < 1.29 is 5.11 Å². The third-order valence-electron chi connectivity index (χ3n) is 3.20. The second kappa shape index (κ2) is 5.80. The maximum atomic E-state index is 11.0. The number of nitrogens with zero attached hydrogens (tertiary/aromatic N) is 3. The van der Waals surface area contributed by atoms with E-state index < -0.39 is 11.5 Å². The van der Waals surface area contributed by atoms with E-state index in [4.69, 9.17) is 23.2 Å². The Balaban J connectivity index is 2.49. The van der Waals surface area contributed by atoms with Gasteiger partial charge in [0.1, 0.15) is 11.9 Å². The fraction of sp³-hybridized carbons (Fsp3) is 0.308. The minimum Gasteiger partial charge on any atom is -0.383 e. The van der Waals surface area contributed by atoms with Gasteiger partial charge in [0.05, 0.1) is 12.0 Å². The van der Waals surface area contributed by atoms with Gasteiger partial charge in [0.25, 0.3) is 0 Å². The van der Waals surface area contributed by atoms with E-state index >= 15 is 0 Å². The van der Waals surface area contributed by atoms with Crippen molar-refractivity contribution in [3.05, 3.63) is 46.0 Å². The number of aromatic amines is 1. The van der Waals surface area contributed by atoms with E-state index in [1.807, 2.05) is 0 Å². The SMILES string of the molecule is CC(C#N)C(O)(Cc1nc[nH]n1)c1ccc(Cl)cc1Cl. The van der Waals surface area contributed by atoms with Crippen LogP contribution in [0.25, 0.3) is 0 Å². The second-order valence-corrected chi connectivity index (χ2v) is 5.33. The van der Waals surface area contributed by atoms with Crippen LogP contribution in [0.15, 0.2) is 24.5 Å². The normalized spacial score (nSPS) is 15.3. The average molecular weight is 311 g/mol. The number of aromatic nitrogens is 3. The highest BCUT2D eigenvalue weighted by molar-refractivity contribution is 6.35. The first-order valence-electron chi connectivity index (χ1n) is 5.89. The summed E-state index contributed by atoms with van der Waals surface area (Å²) >= 11 is 12.0. The number of benzene rings is 1. The van der Waals surface area contributed by atoms with Crippen molar-refractivity contribution in [3.8, 4) is 6.07 Å². The lowest BCUT2D eigenvalue weighted by Gasteiger charge is -2.31. The fourth-order valence-corrected chi connectivity index (χ4v) is 2.56. The number of hydrogen-bond donors (Lipinski definition) is 2. The minimum atomic E-state index is -1.49. The van der Waals surface area contributed by atoms with Crippen molar-refractivity contribution in [2.75, 3.05) is 0 Å². The zero-order chi connectivity index (χ0) is 14.8. The van der Waals surface area contributed by atoms with E-state index in [-0.39, 0.29) is 6.42 Å². The Labute approximate surface area is 126 Å². The summed E-state index contributed by atoms with van der Waals surface area (Å²) in [4.78, 5) is 3.99. The molecular weight excluding hydrogens is 299 g/mol. The van der Waals surface area contributed by atoms with Crippen LogP contribution < -0.4 is 0 Å². The van der Waals surface area contributed by atoms with E-state index in [1.54, 1.807) is 19.1 Å². The summed E-state index contributed by atoms with van der Waals surface area (Å²) in [6.07, 6.45) is 1.49. The molecule has 0 spiro atoms. The summed E-state index contributed by atoms with van der Waals surface area (Å²) in [7, 11) is 0. The molecule has 0 radical (unpaired) electrons. The van der Waals surface area contributed by atoms with Gasteiger partial charge >= 0.3 is 0 Å². The smallest absolute Gasteiger partial charge is 0.153 e. The van der Waals surface area contributed by atoms with Gasteiger partial charge in [-0.05, 0) is 19.1 Å². The molecule has 2 unspecified atom stereocenters. The predicted octanol–water partition coefficient (Wildman–Crippen LogP) is 2.70. The molecule has 0 aliphatic heterocycles. The molecular formula is C13H12Cl2N4O. The first-order chi connectivity index (χ1) is 9.47. The average Bonchev–Trinajstić information content (AvgIpc) is 2.90. The Hall–Kier alpha value is -1.61. The number of nitriles is 1. The number of nitrogens with one attached hydrogen (secondary N) is 1. The van der Waals surface area contributed by atoms with Crippen LogP contribution in [0.4, 0.5) is 0 Å². The lowest BCUT2D eigenvalue weighted by Crippen LogP contribution is -2.36. The molecule has 2 rings (SSSR count). The summed E-state index contributed by atoms with van der Waals surface area (Å²) in [5, 5.41) is 27.4. The van der Waals surface area contributed by atoms with Crippen molar-refractivity contribution in [3.63, 3.8) is 0 Å². The van der Waals surface area contributed by atoms with Crippen molar-refractivity contribution in [2.24, 2.45) is 5.92 Å². The Morgan fingerprint density at radius 3 is 2.80 bits per heavy atom. The summed E-state index contributed by atoms with van der Waals surface area (Å²) in [6, 6.07) is 6.82. The largest absolute Gasteiger partial charge is 0.383 e. The molecule has 20 heavy (non-hydrogen) atoms. The van der Waals surface area contributed by atoms with Gasteiger partial charge in [-0.2, -0.15) is 10.4 Å². The number of halogens is 2. The van der Waals surface area contributed by atoms with Crippen LogP contribution in [0.3, 0.4) is 0 Å². The van der Waals surface area contributed by atoms with Crippen LogP contribution in [0.2, 0.25) is 10.0 Å². The third kappa shape index (κ3) is 2.78. The first kappa shape index (κ1) is 14.8. The molecule has 0 amide bonds. The van der Waals surface area contributed by atoms with Crippen LogP contribution in [0, 0.1) is 17.2 Å². The number of hydrogen-bond acceptors (Lipinski definition) is 4.